The van der Waals surface area contributed by atoms with Crippen LogP contribution in [-0.4, -0.2) is 20.8 Å². The van der Waals surface area contributed by atoms with Crippen molar-refractivity contribution in [3.8, 4) is 0 Å². The summed E-state index contributed by atoms with van der Waals surface area (Å²) in [5, 5.41) is 0.712. The molecule has 0 atom stereocenters. The first-order valence-electron chi connectivity index (χ1n) is 8.90. The van der Waals surface area contributed by atoms with Crippen molar-refractivity contribution < 1.29 is 0 Å². The number of nitrogens with zero attached hydrogens (tertiary/aromatic N) is 3. The Kier molecular flexibility index (Phi) is 4.70. The van der Waals surface area contributed by atoms with Crippen LogP contribution >= 0.6 is 11.6 Å². The van der Waals surface area contributed by atoms with Crippen LogP contribution in [0.5, 0.6) is 0 Å². The van der Waals surface area contributed by atoms with E-state index >= 15 is 0 Å². The van der Waals surface area contributed by atoms with E-state index in [1.165, 1.54) is 5.56 Å². The van der Waals surface area contributed by atoms with Crippen LogP contribution in [-0.2, 0) is 33.1 Å². The van der Waals surface area contributed by atoms with Gasteiger partial charge in [-0.25, -0.2) is 4.68 Å². The second-order valence-electron chi connectivity index (χ2n) is 6.88. The lowest BCUT2D eigenvalue weighted by Crippen LogP contribution is -2.32. The maximum atomic E-state index is 13.0. The lowest BCUT2D eigenvalue weighted by Gasteiger charge is -2.26. The smallest absolute Gasteiger partial charge is 0.271 e. The van der Waals surface area contributed by atoms with Gasteiger partial charge in [0.05, 0.1) is 12.1 Å². The van der Waals surface area contributed by atoms with E-state index in [9.17, 15) is 4.79 Å². The zero-order chi connectivity index (χ0) is 18.1. The highest BCUT2D eigenvalue weighted by molar-refractivity contribution is 6.30. The molecule has 5 heteroatoms. The van der Waals surface area contributed by atoms with Crippen molar-refractivity contribution in [1.82, 2.24) is 14.3 Å². The van der Waals surface area contributed by atoms with Crippen LogP contribution in [0.3, 0.4) is 0 Å². The van der Waals surface area contributed by atoms with Gasteiger partial charge in [0.2, 0.25) is 0 Å². The van der Waals surface area contributed by atoms with E-state index in [1.807, 2.05) is 46.7 Å². The molecule has 0 amide bonds. The highest BCUT2D eigenvalue weighted by atomic mass is 35.5. The molecule has 4 rings (SSSR count). The van der Waals surface area contributed by atoms with Gasteiger partial charge in [-0.2, -0.15) is 0 Å². The molecule has 26 heavy (non-hydrogen) atoms. The van der Waals surface area contributed by atoms with Crippen LogP contribution in [0.1, 0.15) is 22.4 Å². The summed E-state index contributed by atoms with van der Waals surface area (Å²) < 4.78 is 3.87. The summed E-state index contributed by atoms with van der Waals surface area (Å²) in [6, 6.07) is 18.1. The minimum absolute atomic E-state index is 0.121. The van der Waals surface area contributed by atoms with Gasteiger partial charge >= 0.3 is 0 Å². The molecule has 0 fully saturated rings. The zero-order valence-electron chi connectivity index (χ0n) is 14.9. The van der Waals surface area contributed by atoms with E-state index < -0.39 is 0 Å². The maximum Gasteiger partial charge on any atom is 0.271 e. The molecular formula is C21H22ClN3O. The van der Waals surface area contributed by atoms with Crippen LogP contribution in [0.4, 0.5) is 0 Å². The molecule has 0 saturated heterocycles. The van der Waals surface area contributed by atoms with Crippen molar-refractivity contribution >= 4 is 11.6 Å². The summed E-state index contributed by atoms with van der Waals surface area (Å²) >= 11 is 5.96. The van der Waals surface area contributed by atoms with Crippen molar-refractivity contribution in [2.45, 2.75) is 26.1 Å². The van der Waals surface area contributed by atoms with Gasteiger partial charge in [0.25, 0.3) is 5.56 Å². The number of benzene rings is 2. The molecule has 0 bridgehead atoms. The monoisotopic (exact) mass is 367 g/mol. The Labute approximate surface area is 158 Å². The first-order chi connectivity index (χ1) is 12.6. The first-order valence-corrected chi connectivity index (χ1v) is 9.28. The van der Waals surface area contributed by atoms with Crippen molar-refractivity contribution in [2.75, 3.05) is 6.54 Å². The van der Waals surface area contributed by atoms with Crippen molar-refractivity contribution in [3.05, 3.63) is 92.4 Å². The van der Waals surface area contributed by atoms with E-state index in [2.05, 4.69) is 29.2 Å². The van der Waals surface area contributed by atoms with Gasteiger partial charge in [0.15, 0.2) is 0 Å². The average molecular weight is 368 g/mol. The van der Waals surface area contributed by atoms with E-state index in [4.69, 9.17) is 11.6 Å². The maximum absolute atomic E-state index is 13.0. The van der Waals surface area contributed by atoms with E-state index in [0.29, 0.717) is 18.1 Å². The Morgan fingerprint density at radius 2 is 1.65 bits per heavy atom. The largest absolute Gasteiger partial charge is 0.294 e. The number of halogens is 1. The van der Waals surface area contributed by atoms with E-state index in [-0.39, 0.29) is 5.56 Å². The third-order valence-corrected chi connectivity index (χ3v) is 5.39. The average Bonchev–Trinajstić information content (AvgIpc) is 2.89. The van der Waals surface area contributed by atoms with Gasteiger partial charge in [0, 0.05) is 43.8 Å². The second-order valence-corrected chi connectivity index (χ2v) is 7.32. The lowest BCUT2D eigenvalue weighted by molar-refractivity contribution is 0.242. The highest BCUT2D eigenvalue weighted by Gasteiger charge is 2.24. The van der Waals surface area contributed by atoms with E-state index in [1.54, 1.807) is 0 Å². The standard InChI is InChI=1S/C21H22ClN3O/c1-23-20-11-12-24(13-16-5-3-2-4-6-16)15-19(20)21(26)25(23)14-17-7-9-18(22)10-8-17/h2-10H,11-15H2,1H3. The summed E-state index contributed by atoms with van der Waals surface area (Å²) in [4.78, 5) is 15.3. The summed E-state index contributed by atoms with van der Waals surface area (Å²) in [5.41, 5.74) is 4.58. The third kappa shape index (κ3) is 3.35. The number of rotatable bonds is 4. The predicted octanol–water partition coefficient (Wildman–Crippen LogP) is 3.45. The van der Waals surface area contributed by atoms with Crippen LogP contribution in [0.2, 0.25) is 5.02 Å². The van der Waals surface area contributed by atoms with Crippen LogP contribution < -0.4 is 5.56 Å². The van der Waals surface area contributed by atoms with Crippen molar-refractivity contribution in [1.29, 1.82) is 0 Å². The Hall–Kier alpha value is -2.30. The molecule has 4 nitrogen and oxygen atoms in total. The molecule has 134 valence electrons. The molecule has 0 saturated carbocycles. The molecule has 0 unspecified atom stereocenters. The summed E-state index contributed by atoms with van der Waals surface area (Å²) in [6.45, 7) is 3.13. The summed E-state index contributed by atoms with van der Waals surface area (Å²) in [5.74, 6) is 0. The minimum Gasteiger partial charge on any atom is -0.294 e. The van der Waals surface area contributed by atoms with Gasteiger partial charge in [-0.05, 0) is 23.3 Å². The molecule has 1 aliphatic heterocycles. The Bertz CT molecular complexity index is 957. The Morgan fingerprint density at radius 1 is 0.962 bits per heavy atom. The molecular weight excluding hydrogens is 346 g/mol. The van der Waals surface area contributed by atoms with Crippen LogP contribution in [0, 0.1) is 0 Å². The number of fused-ring (bicyclic) bond motifs is 1. The molecule has 0 N–H and O–H groups in total. The van der Waals surface area contributed by atoms with Gasteiger partial charge in [-0.1, -0.05) is 54.1 Å². The molecule has 2 heterocycles. The summed E-state index contributed by atoms with van der Waals surface area (Å²) in [7, 11) is 1.99. The van der Waals surface area contributed by atoms with Gasteiger partial charge in [-0.15, -0.1) is 0 Å². The fourth-order valence-electron chi connectivity index (χ4n) is 3.71. The molecule has 2 aromatic carbocycles. The van der Waals surface area contributed by atoms with Gasteiger partial charge in [-0.3, -0.25) is 14.4 Å². The highest BCUT2D eigenvalue weighted by Crippen LogP contribution is 2.19. The Morgan fingerprint density at radius 3 is 2.38 bits per heavy atom. The quantitative estimate of drug-likeness (QED) is 0.707. The lowest BCUT2D eigenvalue weighted by atomic mass is 10.1. The third-order valence-electron chi connectivity index (χ3n) is 5.13. The molecule has 0 aliphatic carbocycles. The van der Waals surface area contributed by atoms with Gasteiger partial charge < -0.3 is 0 Å². The van der Waals surface area contributed by atoms with E-state index in [0.717, 1.165) is 36.3 Å². The minimum atomic E-state index is 0.121. The van der Waals surface area contributed by atoms with Crippen molar-refractivity contribution in [2.24, 2.45) is 7.05 Å². The van der Waals surface area contributed by atoms with Crippen molar-refractivity contribution in [3.63, 3.8) is 0 Å². The molecule has 0 radical (unpaired) electrons. The number of hydrogen-bond acceptors (Lipinski definition) is 2. The van der Waals surface area contributed by atoms with Crippen LogP contribution in [0.25, 0.3) is 0 Å². The fourth-order valence-corrected chi connectivity index (χ4v) is 3.84. The SMILES string of the molecule is Cn1c2c(c(=O)n1Cc1ccc(Cl)cc1)CN(Cc1ccccc1)CC2. The normalized spacial score (nSPS) is 14.4. The second kappa shape index (κ2) is 7.14. The fraction of sp³-hybridized carbons (Fsp3) is 0.286. The molecule has 1 aliphatic rings. The topological polar surface area (TPSA) is 30.2 Å². The first kappa shape index (κ1) is 17.1. The summed E-state index contributed by atoms with van der Waals surface area (Å²) in [6.07, 6.45) is 0.904. The Balaban J connectivity index is 1.57. The number of hydrogen-bond donors (Lipinski definition) is 0. The predicted molar refractivity (Wildman–Crippen MR) is 104 cm³/mol. The molecule has 3 aromatic rings. The molecule has 0 spiro atoms. The van der Waals surface area contributed by atoms with Gasteiger partial charge in [0.1, 0.15) is 0 Å². The molecule has 1 aromatic heterocycles. The zero-order valence-corrected chi connectivity index (χ0v) is 15.6. The number of aromatic nitrogens is 2. The van der Waals surface area contributed by atoms with Crippen LogP contribution in [0.15, 0.2) is 59.4 Å².